The highest BCUT2D eigenvalue weighted by atomic mass is 16.4. The maximum absolute atomic E-state index is 9.14. The van der Waals surface area contributed by atoms with Gasteiger partial charge < -0.3 is 26.0 Å². The molecule has 0 aromatic heterocycles. The largest absolute Gasteiger partial charge is 0.389 e. The highest BCUT2D eigenvalue weighted by molar-refractivity contribution is 4.89. The lowest BCUT2D eigenvalue weighted by Gasteiger charge is -2.33. The van der Waals surface area contributed by atoms with E-state index >= 15 is 0 Å². The van der Waals surface area contributed by atoms with Crippen LogP contribution in [0.2, 0.25) is 0 Å². The Labute approximate surface area is 96.9 Å². The van der Waals surface area contributed by atoms with Crippen molar-refractivity contribution in [2.75, 3.05) is 19.6 Å². The second-order valence-corrected chi connectivity index (χ2v) is 4.56. The fourth-order valence-corrected chi connectivity index (χ4v) is 1.87. The quantitative estimate of drug-likeness (QED) is 0.363. The zero-order valence-corrected chi connectivity index (χ0v) is 9.89. The van der Waals surface area contributed by atoms with Crippen LogP contribution in [0.4, 0.5) is 0 Å². The van der Waals surface area contributed by atoms with Crippen molar-refractivity contribution in [3.05, 3.63) is 0 Å². The number of hydrogen-bond acceptors (Lipinski definition) is 5. The molecule has 0 spiro atoms. The van der Waals surface area contributed by atoms with E-state index < -0.39 is 18.3 Å². The summed E-state index contributed by atoms with van der Waals surface area (Å²) < 4.78 is 0. The summed E-state index contributed by atoms with van der Waals surface area (Å²) in [7, 11) is 0. The third-order valence-corrected chi connectivity index (χ3v) is 3.11. The molecule has 5 nitrogen and oxygen atoms in total. The molecule has 0 bridgehead atoms. The highest BCUT2D eigenvalue weighted by Gasteiger charge is 2.33. The molecule has 0 amide bonds. The molecule has 2 aliphatic rings. The Kier molecular flexibility index (Phi) is 6.23. The molecule has 2 saturated heterocycles. The van der Waals surface area contributed by atoms with Crippen molar-refractivity contribution in [1.82, 2.24) is 10.6 Å². The van der Waals surface area contributed by atoms with Gasteiger partial charge in [-0.2, -0.15) is 0 Å². The summed E-state index contributed by atoms with van der Waals surface area (Å²) in [6.45, 7) is 4.61. The predicted octanol–water partition coefficient (Wildman–Crippen LogP) is -1.18. The van der Waals surface area contributed by atoms with Gasteiger partial charge in [0.2, 0.25) is 0 Å². The minimum atomic E-state index is -1.00. The van der Waals surface area contributed by atoms with Crippen LogP contribution in [0.3, 0.4) is 0 Å². The van der Waals surface area contributed by atoms with Crippen LogP contribution in [0.25, 0.3) is 0 Å². The van der Waals surface area contributed by atoms with Crippen LogP contribution in [0.5, 0.6) is 0 Å². The number of piperidine rings is 2. The average Bonchev–Trinajstić information content (AvgIpc) is 2.35. The number of nitrogens with one attached hydrogen (secondary N) is 2. The third kappa shape index (κ3) is 4.35. The van der Waals surface area contributed by atoms with Gasteiger partial charge in [0, 0.05) is 12.6 Å². The number of β-amino-alcohol motifs (C(OH)–C–C–N with tert-alkyl or cyclic N) is 1. The van der Waals surface area contributed by atoms with Crippen LogP contribution < -0.4 is 10.6 Å². The summed E-state index contributed by atoms with van der Waals surface area (Å²) in [5.74, 6) is 0. The van der Waals surface area contributed by atoms with Crippen molar-refractivity contribution in [3.8, 4) is 0 Å². The molecule has 16 heavy (non-hydrogen) atoms. The highest BCUT2D eigenvalue weighted by Crippen LogP contribution is 2.09. The van der Waals surface area contributed by atoms with Crippen LogP contribution in [0, 0.1) is 0 Å². The monoisotopic (exact) mass is 232 g/mol. The molecule has 2 heterocycles. The zero-order chi connectivity index (χ0) is 12.0. The first-order valence-electron chi connectivity index (χ1n) is 6.11. The number of aliphatic hydroxyl groups excluding tert-OH is 3. The lowest BCUT2D eigenvalue weighted by Crippen LogP contribution is -2.58. The first-order valence-corrected chi connectivity index (χ1v) is 6.11. The van der Waals surface area contributed by atoms with E-state index in [1.807, 2.05) is 0 Å². The molecule has 0 aliphatic carbocycles. The van der Waals surface area contributed by atoms with E-state index in [1.165, 1.54) is 32.4 Å². The molecule has 5 N–H and O–H groups in total. The summed E-state index contributed by atoms with van der Waals surface area (Å²) in [4.78, 5) is 0. The summed E-state index contributed by atoms with van der Waals surface area (Å²) >= 11 is 0. The Balaban J connectivity index is 0.000000181. The van der Waals surface area contributed by atoms with Gasteiger partial charge in [0.1, 0.15) is 6.10 Å². The van der Waals surface area contributed by atoms with Gasteiger partial charge in [-0.15, -0.1) is 0 Å². The molecular formula is C11H24N2O3. The van der Waals surface area contributed by atoms with Crippen molar-refractivity contribution in [3.63, 3.8) is 0 Å². The maximum atomic E-state index is 9.14. The smallest absolute Gasteiger partial charge is 0.108 e. The second-order valence-electron chi connectivity index (χ2n) is 4.56. The van der Waals surface area contributed by atoms with Gasteiger partial charge in [-0.05, 0) is 32.9 Å². The van der Waals surface area contributed by atoms with E-state index in [0.29, 0.717) is 6.54 Å². The summed E-state index contributed by atoms with van der Waals surface area (Å²) in [6.07, 6.45) is 1.51. The molecule has 0 unspecified atom stereocenters. The zero-order valence-electron chi connectivity index (χ0n) is 9.89. The number of aliphatic hydroxyl groups is 3. The van der Waals surface area contributed by atoms with Crippen molar-refractivity contribution >= 4 is 0 Å². The van der Waals surface area contributed by atoms with E-state index in [9.17, 15) is 0 Å². The summed E-state index contributed by atoms with van der Waals surface area (Å²) in [5.41, 5.74) is 0. The molecule has 0 aromatic rings. The molecular weight excluding hydrogens is 208 g/mol. The maximum Gasteiger partial charge on any atom is 0.108 e. The van der Waals surface area contributed by atoms with E-state index in [2.05, 4.69) is 10.6 Å². The van der Waals surface area contributed by atoms with Crippen LogP contribution in [0.15, 0.2) is 0 Å². The SMILES string of the molecule is C1CCNCC1.C[C@H]1NC[C@@H](O)[C@H](O)[C@@H]1O. The van der Waals surface area contributed by atoms with Crippen molar-refractivity contribution < 1.29 is 15.3 Å². The molecule has 4 atom stereocenters. The van der Waals surface area contributed by atoms with Crippen molar-refractivity contribution in [2.45, 2.75) is 50.5 Å². The van der Waals surface area contributed by atoms with Crippen LogP contribution in [0.1, 0.15) is 26.2 Å². The molecule has 5 heteroatoms. The van der Waals surface area contributed by atoms with E-state index in [0.717, 1.165) is 0 Å². The Hall–Kier alpha value is -0.200. The Morgan fingerprint density at radius 1 is 0.938 bits per heavy atom. The summed E-state index contributed by atoms with van der Waals surface area (Å²) in [5, 5.41) is 33.4. The summed E-state index contributed by atoms with van der Waals surface area (Å²) in [6, 6.07) is -0.140. The van der Waals surface area contributed by atoms with Gasteiger partial charge in [-0.25, -0.2) is 0 Å². The van der Waals surface area contributed by atoms with Gasteiger partial charge in [0.05, 0.1) is 12.2 Å². The van der Waals surface area contributed by atoms with Gasteiger partial charge in [0.15, 0.2) is 0 Å². The minimum absolute atomic E-state index is 0.140. The third-order valence-electron chi connectivity index (χ3n) is 3.11. The Morgan fingerprint density at radius 2 is 1.56 bits per heavy atom. The first-order chi connectivity index (χ1) is 7.63. The Bertz CT molecular complexity index is 163. The fraction of sp³-hybridized carbons (Fsp3) is 1.00. The molecule has 0 radical (unpaired) electrons. The van der Waals surface area contributed by atoms with E-state index in [1.54, 1.807) is 6.92 Å². The minimum Gasteiger partial charge on any atom is -0.389 e. The van der Waals surface area contributed by atoms with Gasteiger partial charge in [-0.3, -0.25) is 0 Å². The van der Waals surface area contributed by atoms with E-state index in [4.69, 9.17) is 15.3 Å². The van der Waals surface area contributed by atoms with Crippen molar-refractivity contribution in [1.29, 1.82) is 0 Å². The van der Waals surface area contributed by atoms with Crippen LogP contribution in [-0.4, -0.2) is 59.3 Å². The predicted molar refractivity (Wildman–Crippen MR) is 62.2 cm³/mol. The van der Waals surface area contributed by atoms with Gasteiger partial charge in [-0.1, -0.05) is 6.42 Å². The Morgan fingerprint density at radius 3 is 1.94 bits per heavy atom. The molecule has 96 valence electrons. The topological polar surface area (TPSA) is 84.8 Å². The average molecular weight is 232 g/mol. The lowest BCUT2D eigenvalue weighted by atomic mass is 9.98. The second kappa shape index (κ2) is 7.19. The van der Waals surface area contributed by atoms with Crippen molar-refractivity contribution in [2.24, 2.45) is 0 Å². The van der Waals surface area contributed by atoms with E-state index in [-0.39, 0.29) is 6.04 Å². The standard InChI is InChI=1S/C6H13NO3.C5H11N/c1-3-5(9)6(10)4(8)2-7-3;1-2-4-6-5-3-1/h3-10H,2H2,1H3;6H,1-5H2/t3-,4-,5-,6+;/m1./s1. The number of hydrogen-bond donors (Lipinski definition) is 5. The normalized spacial score (nSPS) is 39.8. The van der Waals surface area contributed by atoms with Crippen LogP contribution >= 0.6 is 0 Å². The van der Waals surface area contributed by atoms with Gasteiger partial charge in [0.25, 0.3) is 0 Å². The molecule has 2 aliphatic heterocycles. The molecule has 0 saturated carbocycles. The van der Waals surface area contributed by atoms with Crippen LogP contribution in [-0.2, 0) is 0 Å². The number of rotatable bonds is 0. The molecule has 2 rings (SSSR count). The fourth-order valence-electron chi connectivity index (χ4n) is 1.87. The molecule has 0 aromatic carbocycles. The molecule has 2 fully saturated rings. The first kappa shape index (κ1) is 13.9. The lowest BCUT2D eigenvalue weighted by molar-refractivity contribution is -0.0910. The van der Waals surface area contributed by atoms with Gasteiger partial charge >= 0.3 is 0 Å².